The minimum atomic E-state index is -0.148. The lowest BCUT2D eigenvalue weighted by Crippen LogP contribution is -2.54. The van der Waals surface area contributed by atoms with Gasteiger partial charge in [0.1, 0.15) is 6.54 Å². The van der Waals surface area contributed by atoms with Crippen LogP contribution in [0.25, 0.3) is 0 Å². The molecule has 124 valence electrons. The second kappa shape index (κ2) is 6.70. The van der Waals surface area contributed by atoms with Gasteiger partial charge in [-0.25, -0.2) is 0 Å². The molecule has 6 nitrogen and oxygen atoms in total. The normalized spacial score (nSPS) is 18.7. The molecule has 2 aliphatic rings. The van der Waals surface area contributed by atoms with E-state index in [-0.39, 0.29) is 30.8 Å². The summed E-state index contributed by atoms with van der Waals surface area (Å²) < 4.78 is 0. The van der Waals surface area contributed by atoms with E-state index in [1.807, 2.05) is 17.9 Å². The summed E-state index contributed by atoms with van der Waals surface area (Å²) in [6.45, 7) is 4.65. The van der Waals surface area contributed by atoms with E-state index in [2.05, 4.69) is 0 Å². The molecule has 0 radical (unpaired) electrons. The van der Waals surface area contributed by atoms with Crippen LogP contribution in [0.3, 0.4) is 0 Å². The zero-order valence-corrected chi connectivity index (χ0v) is 14.1. The predicted molar refractivity (Wildman–Crippen MR) is 87.4 cm³/mol. The van der Waals surface area contributed by atoms with Crippen LogP contribution in [0.2, 0.25) is 0 Å². The van der Waals surface area contributed by atoms with Crippen molar-refractivity contribution in [3.63, 3.8) is 0 Å². The van der Waals surface area contributed by atoms with Gasteiger partial charge in [0.05, 0.1) is 11.4 Å². The second-order valence-electron chi connectivity index (χ2n) is 6.04. The van der Waals surface area contributed by atoms with Gasteiger partial charge in [-0.1, -0.05) is 0 Å². The highest BCUT2D eigenvalue weighted by Crippen LogP contribution is 2.18. The van der Waals surface area contributed by atoms with E-state index in [4.69, 9.17) is 0 Å². The van der Waals surface area contributed by atoms with Gasteiger partial charge in [0.15, 0.2) is 0 Å². The van der Waals surface area contributed by atoms with Crippen molar-refractivity contribution >= 4 is 29.1 Å². The highest BCUT2D eigenvalue weighted by Gasteiger charge is 2.30. The van der Waals surface area contributed by atoms with Gasteiger partial charge in [-0.3, -0.25) is 14.4 Å². The Hall–Kier alpha value is -1.89. The molecule has 0 N–H and O–H groups in total. The van der Waals surface area contributed by atoms with Crippen LogP contribution in [0.15, 0.2) is 12.1 Å². The molecule has 23 heavy (non-hydrogen) atoms. The number of piperazine rings is 1. The summed E-state index contributed by atoms with van der Waals surface area (Å²) in [4.78, 5) is 43.5. The van der Waals surface area contributed by atoms with Crippen LogP contribution in [-0.4, -0.2) is 71.7 Å². The van der Waals surface area contributed by atoms with Gasteiger partial charge in [-0.15, -0.1) is 11.3 Å². The third-order valence-electron chi connectivity index (χ3n) is 4.34. The molecule has 0 aromatic carbocycles. The highest BCUT2D eigenvalue weighted by molar-refractivity contribution is 7.13. The minimum Gasteiger partial charge on any atom is -0.341 e. The summed E-state index contributed by atoms with van der Waals surface area (Å²) in [5.74, 6) is -0.225. The number of thiophene rings is 1. The Labute approximate surface area is 139 Å². The Morgan fingerprint density at radius 1 is 1.09 bits per heavy atom. The molecule has 7 heteroatoms. The van der Waals surface area contributed by atoms with E-state index in [9.17, 15) is 14.4 Å². The number of aryl methyl sites for hydroxylation is 1. The topological polar surface area (TPSA) is 60.9 Å². The van der Waals surface area contributed by atoms with Crippen LogP contribution in [0, 0.1) is 6.92 Å². The molecule has 3 rings (SSSR count). The zero-order valence-electron chi connectivity index (χ0n) is 13.3. The first kappa shape index (κ1) is 16.0. The molecule has 1 aromatic heterocycles. The van der Waals surface area contributed by atoms with Gasteiger partial charge < -0.3 is 14.7 Å². The summed E-state index contributed by atoms with van der Waals surface area (Å²) in [6.07, 6.45) is 2.09. The number of carbonyl (C=O) groups excluding carboxylic acids is 3. The van der Waals surface area contributed by atoms with Crippen molar-refractivity contribution in [2.75, 3.05) is 39.3 Å². The smallest absolute Gasteiger partial charge is 0.264 e. The molecule has 0 bridgehead atoms. The third-order valence-corrected chi connectivity index (χ3v) is 5.33. The molecule has 0 spiro atoms. The fraction of sp³-hybridized carbons (Fsp3) is 0.562. The maximum absolute atomic E-state index is 12.4. The fourth-order valence-electron chi connectivity index (χ4n) is 2.98. The Morgan fingerprint density at radius 2 is 1.83 bits per heavy atom. The lowest BCUT2D eigenvalue weighted by molar-refractivity contribution is -0.142. The third kappa shape index (κ3) is 3.55. The van der Waals surface area contributed by atoms with Crippen LogP contribution in [-0.2, 0) is 9.59 Å². The molecule has 0 atom stereocenters. The summed E-state index contributed by atoms with van der Waals surface area (Å²) >= 11 is 1.44. The monoisotopic (exact) mass is 335 g/mol. The van der Waals surface area contributed by atoms with E-state index in [0.29, 0.717) is 18.0 Å². The number of hydrogen-bond acceptors (Lipinski definition) is 4. The molecular formula is C16H21N3O3S. The summed E-state index contributed by atoms with van der Waals surface area (Å²) in [5, 5.41) is 0. The Kier molecular flexibility index (Phi) is 4.66. The van der Waals surface area contributed by atoms with Gasteiger partial charge in [0.25, 0.3) is 5.91 Å². The molecule has 2 fully saturated rings. The first-order chi connectivity index (χ1) is 11.0. The SMILES string of the molecule is Cc1ccc(C(=O)N2CCN(CC(=O)N3CCCC3)C(=O)C2)s1. The number of likely N-dealkylation sites (tertiary alicyclic amines) is 1. The zero-order chi connectivity index (χ0) is 16.4. The molecular weight excluding hydrogens is 314 g/mol. The number of amides is 3. The standard InChI is InChI=1S/C16H21N3O3S/c1-12-4-5-13(23-12)16(22)19-9-8-18(15(21)11-19)10-14(20)17-6-2-3-7-17/h4-5H,2-3,6-11H2,1H3. The first-order valence-corrected chi connectivity index (χ1v) is 8.77. The van der Waals surface area contributed by atoms with E-state index in [1.165, 1.54) is 11.3 Å². The van der Waals surface area contributed by atoms with Gasteiger partial charge in [-0.05, 0) is 31.9 Å². The minimum absolute atomic E-state index is 0.0181. The van der Waals surface area contributed by atoms with Gasteiger partial charge in [0.2, 0.25) is 11.8 Å². The number of rotatable bonds is 3. The molecule has 2 aliphatic heterocycles. The van der Waals surface area contributed by atoms with Crippen molar-refractivity contribution in [1.82, 2.24) is 14.7 Å². The maximum Gasteiger partial charge on any atom is 0.264 e. The molecule has 0 saturated carbocycles. The second-order valence-corrected chi connectivity index (χ2v) is 7.33. The van der Waals surface area contributed by atoms with Crippen LogP contribution in [0.5, 0.6) is 0 Å². The van der Waals surface area contributed by atoms with Crippen LogP contribution < -0.4 is 0 Å². The molecule has 3 amide bonds. The Balaban J connectivity index is 1.55. The molecule has 3 heterocycles. The summed E-state index contributed by atoms with van der Waals surface area (Å²) in [7, 11) is 0. The van der Waals surface area contributed by atoms with E-state index >= 15 is 0 Å². The van der Waals surface area contributed by atoms with Crippen LogP contribution in [0.4, 0.5) is 0 Å². The maximum atomic E-state index is 12.4. The number of hydrogen-bond donors (Lipinski definition) is 0. The lowest BCUT2D eigenvalue weighted by Gasteiger charge is -2.34. The van der Waals surface area contributed by atoms with Crippen molar-refractivity contribution in [2.45, 2.75) is 19.8 Å². The Bertz CT molecular complexity index is 622. The highest BCUT2D eigenvalue weighted by atomic mass is 32.1. The van der Waals surface area contributed by atoms with Crippen LogP contribution >= 0.6 is 11.3 Å². The summed E-state index contributed by atoms with van der Waals surface area (Å²) in [6, 6.07) is 3.71. The van der Waals surface area contributed by atoms with E-state index < -0.39 is 0 Å². The fourth-order valence-corrected chi connectivity index (χ4v) is 3.82. The quantitative estimate of drug-likeness (QED) is 0.827. The van der Waals surface area contributed by atoms with Crippen molar-refractivity contribution in [3.8, 4) is 0 Å². The predicted octanol–water partition coefficient (Wildman–Crippen LogP) is 0.963. The van der Waals surface area contributed by atoms with Crippen LogP contribution in [0.1, 0.15) is 27.4 Å². The average Bonchev–Trinajstić information content (AvgIpc) is 3.20. The average molecular weight is 335 g/mol. The number of carbonyl (C=O) groups is 3. The van der Waals surface area contributed by atoms with Crippen molar-refractivity contribution < 1.29 is 14.4 Å². The molecule has 1 aromatic rings. The lowest BCUT2D eigenvalue weighted by atomic mass is 10.2. The number of nitrogens with zero attached hydrogens (tertiary/aromatic N) is 3. The molecule has 0 unspecified atom stereocenters. The van der Waals surface area contributed by atoms with Crippen molar-refractivity contribution in [3.05, 3.63) is 21.9 Å². The Morgan fingerprint density at radius 3 is 2.43 bits per heavy atom. The van der Waals surface area contributed by atoms with Crippen molar-refractivity contribution in [1.29, 1.82) is 0 Å². The van der Waals surface area contributed by atoms with Crippen molar-refractivity contribution in [2.24, 2.45) is 0 Å². The van der Waals surface area contributed by atoms with Gasteiger partial charge in [0, 0.05) is 31.1 Å². The van der Waals surface area contributed by atoms with Gasteiger partial charge >= 0.3 is 0 Å². The largest absolute Gasteiger partial charge is 0.341 e. The molecule has 2 saturated heterocycles. The summed E-state index contributed by atoms with van der Waals surface area (Å²) in [5.41, 5.74) is 0. The van der Waals surface area contributed by atoms with E-state index in [0.717, 1.165) is 30.8 Å². The first-order valence-electron chi connectivity index (χ1n) is 7.96. The van der Waals surface area contributed by atoms with E-state index in [1.54, 1.807) is 15.9 Å². The van der Waals surface area contributed by atoms with Gasteiger partial charge in [-0.2, -0.15) is 0 Å². The molecule has 0 aliphatic carbocycles.